The molecule has 0 aromatic heterocycles. The van der Waals surface area contributed by atoms with Gasteiger partial charge in [0, 0.05) is 0 Å². The molecule has 0 bridgehead atoms. The topological polar surface area (TPSA) is 397 Å². The zero-order valence-electron chi connectivity index (χ0n) is 30.6. The molecule has 10 atom stereocenters. The van der Waals surface area contributed by atoms with Crippen molar-refractivity contribution in [2.75, 3.05) is 26.4 Å². The third-order valence-electron chi connectivity index (χ3n) is 7.50. The van der Waals surface area contributed by atoms with Crippen LogP contribution >= 0.6 is 0 Å². The van der Waals surface area contributed by atoms with E-state index in [2.05, 4.69) is 21.3 Å². The first-order valence-corrected chi connectivity index (χ1v) is 16.6. The van der Waals surface area contributed by atoms with Crippen LogP contribution in [0.1, 0.15) is 41.5 Å². The van der Waals surface area contributed by atoms with E-state index in [0.717, 1.165) is 13.8 Å². The second kappa shape index (κ2) is 23.6. The van der Waals surface area contributed by atoms with Gasteiger partial charge in [-0.05, 0) is 33.6 Å². The molecular weight excluding hydrogens is 726 g/mol. The number of aliphatic hydroxyl groups excluding tert-OH is 5. The van der Waals surface area contributed by atoms with Crippen LogP contribution in [0.2, 0.25) is 0 Å². The Morgan fingerprint density at radius 3 is 1.37 bits per heavy atom. The maximum absolute atomic E-state index is 12.9. The Labute approximate surface area is 309 Å². The zero-order chi connectivity index (χ0) is 42.0. The number of hydrogen-bond acceptors (Lipinski definition) is 15. The van der Waals surface area contributed by atoms with Crippen molar-refractivity contribution in [2.45, 2.75) is 102 Å². The molecule has 8 amide bonds. The predicted octanol–water partition coefficient (Wildman–Crippen LogP) is -8.66. The van der Waals surface area contributed by atoms with E-state index in [1.54, 1.807) is 13.8 Å². The molecule has 0 aromatic rings. The number of carbonyl (C=O) groups excluding carboxylic acids is 8. The Balaban J connectivity index is 5.39. The highest BCUT2D eigenvalue weighted by Gasteiger charge is 2.34. The van der Waals surface area contributed by atoms with Gasteiger partial charge < -0.3 is 78.9 Å². The van der Waals surface area contributed by atoms with Crippen LogP contribution in [0.3, 0.4) is 0 Å². The minimum Gasteiger partial charge on any atom is -0.480 e. The van der Waals surface area contributed by atoms with E-state index in [0.29, 0.717) is 0 Å². The first kappa shape index (κ1) is 49.0. The van der Waals surface area contributed by atoms with Crippen LogP contribution in [0.25, 0.3) is 0 Å². The normalized spacial score (nSPS) is 16.6. The summed E-state index contributed by atoms with van der Waals surface area (Å²) in [5.41, 5.74) is 5.54. The Hall–Kier alpha value is -5.01. The molecule has 0 rings (SSSR count). The van der Waals surface area contributed by atoms with Crippen molar-refractivity contribution < 1.29 is 73.8 Å². The number of rotatable bonds is 23. The summed E-state index contributed by atoms with van der Waals surface area (Å²) < 4.78 is 0. The van der Waals surface area contributed by atoms with Crippen LogP contribution in [-0.4, -0.2) is 171 Å². The monoisotopic (exact) mass is 779 g/mol. The Kier molecular flexibility index (Phi) is 21.4. The number of carboxylic acids is 1. The van der Waals surface area contributed by atoms with Crippen molar-refractivity contribution in [2.24, 2.45) is 11.7 Å². The molecule has 0 heterocycles. The molecule has 0 aliphatic heterocycles. The van der Waals surface area contributed by atoms with Gasteiger partial charge in [-0.1, -0.05) is 13.8 Å². The molecule has 0 unspecified atom stereocenters. The molecule has 16 N–H and O–H groups in total. The summed E-state index contributed by atoms with van der Waals surface area (Å²) in [4.78, 5) is 112. The highest BCUT2D eigenvalue weighted by molar-refractivity contribution is 5.97. The third kappa shape index (κ3) is 16.3. The van der Waals surface area contributed by atoms with Crippen molar-refractivity contribution >= 4 is 53.2 Å². The van der Waals surface area contributed by atoms with E-state index in [4.69, 9.17) is 10.8 Å². The number of aliphatic hydroxyl groups is 5. The average Bonchev–Trinajstić information content (AvgIpc) is 3.10. The Bertz CT molecular complexity index is 1350. The molecule has 0 aromatic carbocycles. The maximum atomic E-state index is 12.9. The van der Waals surface area contributed by atoms with Crippen molar-refractivity contribution in [1.82, 2.24) is 42.5 Å². The van der Waals surface area contributed by atoms with E-state index >= 15 is 0 Å². The first-order valence-electron chi connectivity index (χ1n) is 16.6. The fourth-order valence-corrected chi connectivity index (χ4v) is 4.08. The molecular formula is C30H53N9O15. The van der Waals surface area contributed by atoms with Crippen LogP contribution in [0.15, 0.2) is 0 Å². The summed E-state index contributed by atoms with van der Waals surface area (Å²) in [5, 5.41) is 74.7. The summed E-state index contributed by atoms with van der Waals surface area (Å²) in [7, 11) is 0. The van der Waals surface area contributed by atoms with Crippen molar-refractivity contribution in [3.8, 4) is 0 Å². The number of carbonyl (C=O) groups is 9. The largest absolute Gasteiger partial charge is 0.480 e. The van der Waals surface area contributed by atoms with E-state index in [1.807, 2.05) is 21.3 Å². The maximum Gasteiger partial charge on any atom is 0.325 e. The Morgan fingerprint density at radius 2 is 0.926 bits per heavy atom. The number of aliphatic carboxylic acids is 1. The Morgan fingerprint density at radius 1 is 0.500 bits per heavy atom. The van der Waals surface area contributed by atoms with Gasteiger partial charge in [0.05, 0.1) is 38.6 Å². The summed E-state index contributed by atoms with van der Waals surface area (Å²) in [5.74, 6) is -10.2. The van der Waals surface area contributed by atoms with Crippen LogP contribution < -0.4 is 48.3 Å². The molecule has 0 aliphatic carbocycles. The molecule has 0 fully saturated rings. The molecule has 308 valence electrons. The highest BCUT2D eigenvalue weighted by Crippen LogP contribution is 2.03. The molecule has 0 saturated heterocycles. The van der Waals surface area contributed by atoms with Gasteiger partial charge in [0.1, 0.15) is 48.3 Å². The third-order valence-corrected chi connectivity index (χ3v) is 7.50. The lowest BCUT2D eigenvalue weighted by atomic mass is 10.0. The second-order valence-corrected chi connectivity index (χ2v) is 12.5. The van der Waals surface area contributed by atoms with Crippen LogP contribution in [-0.2, 0) is 43.2 Å². The molecule has 0 radical (unpaired) electrons. The van der Waals surface area contributed by atoms with Crippen LogP contribution in [0.5, 0.6) is 0 Å². The van der Waals surface area contributed by atoms with Gasteiger partial charge in [0.15, 0.2) is 0 Å². The van der Waals surface area contributed by atoms with Gasteiger partial charge in [-0.3, -0.25) is 43.2 Å². The number of hydrogen-bond donors (Lipinski definition) is 15. The molecule has 0 spiro atoms. The fraction of sp³-hybridized carbons (Fsp3) is 0.700. The summed E-state index contributed by atoms with van der Waals surface area (Å²) in [6.07, 6.45) is -2.85. The van der Waals surface area contributed by atoms with Crippen LogP contribution in [0.4, 0.5) is 0 Å². The summed E-state index contributed by atoms with van der Waals surface area (Å²) in [6.45, 7) is 3.99. The van der Waals surface area contributed by atoms with Gasteiger partial charge in [-0.25, -0.2) is 0 Å². The molecule has 24 heteroatoms. The minimum absolute atomic E-state index is 0.528. The lowest BCUT2D eigenvalue weighted by molar-refractivity contribution is -0.142. The van der Waals surface area contributed by atoms with Gasteiger partial charge in [-0.15, -0.1) is 0 Å². The average molecular weight is 780 g/mol. The van der Waals surface area contributed by atoms with Crippen molar-refractivity contribution in [3.63, 3.8) is 0 Å². The van der Waals surface area contributed by atoms with E-state index < -0.39 is 146 Å². The van der Waals surface area contributed by atoms with Gasteiger partial charge in [0.2, 0.25) is 47.3 Å². The molecule has 0 aliphatic rings. The number of carboxylic acid groups (broad SMARTS) is 1. The SMILES string of the molecule is CC(C)[C@H](NC(=O)[C@H](C)NC(=O)[C@@H](N)[C@@H](C)O)C(=O)NCC(=O)N[C@@H](CO)C(=O)N[C@@H](CO)C(=O)N[C@H](C(=O)N[C@@H](CO)C(=O)N[C@@H](C)C(=O)O)[C@@H](C)O. The molecule has 24 nitrogen and oxygen atoms in total. The smallest absolute Gasteiger partial charge is 0.325 e. The molecule has 54 heavy (non-hydrogen) atoms. The highest BCUT2D eigenvalue weighted by atomic mass is 16.4. The second-order valence-electron chi connectivity index (χ2n) is 12.5. The van der Waals surface area contributed by atoms with E-state index in [9.17, 15) is 68.7 Å². The number of nitrogens with two attached hydrogens (primary N) is 1. The fourth-order valence-electron chi connectivity index (χ4n) is 4.08. The van der Waals surface area contributed by atoms with E-state index in [1.165, 1.54) is 13.8 Å². The zero-order valence-corrected chi connectivity index (χ0v) is 30.6. The lowest BCUT2D eigenvalue weighted by Crippen LogP contribution is -2.62. The molecule has 0 saturated carbocycles. The van der Waals surface area contributed by atoms with Gasteiger partial charge >= 0.3 is 5.97 Å². The quantitative estimate of drug-likeness (QED) is 0.0458. The summed E-state index contributed by atoms with van der Waals surface area (Å²) >= 11 is 0. The minimum atomic E-state index is -1.84. The van der Waals surface area contributed by atoms with Crippen molar-refractivity contribution in [3.05, 3.63) is 0 Å². The van der Waals surface area contributed by atoms with Crippen molar-refractivity contribution in [1.29, 1.82) is 0 Å². The standard InChI is InChI=1S/C30H53N9O15/c1-11(2)21(38-23(46)12(3)33-27(50)20(31)14(5)43)28(51)32-7-19(45)35-16(8-40)25(48)36-18(10-42)26(49)39-22(15(6)44)29(52)37-17(9-41)24(47)34-13(4)30(53)54/h11-18,20-22,40-44H,7-10,31H2,1-6H3,(H,32,51)(H,33,50)(H,34,47)(H,35,45)(H,36,48)(H,37,52)(H,38,46)(H,39,49)(H,53,54)/t12-,13-,14+,15+,16-,17-,18-,20-,21-,22-/m0/s1. The summed E-state index contributed by atoms with van der Waals surface area (Å²) in [6, 6.07) is -12.2. The predicted molar refractivity (Wildman–Crippen MR) is 183 cm³/mol. The van der Waals surface area contributed by atoms with E-state index in [-0.39, 0.29) is 0 Å². The number of nitrogens with one attached hydrogen (secondary N) is 8. The first-order chi connectivity index (χ1) is 25.0. The lowest BCUT2D eigenvalue weighted by Gasteiger charge is -2.26. The van der Waals surface area contributed by atoms with Crippen LogP contribution in [0, 0.1) is 5.92 Å². The van der Waals surface area contributed by atoms with Gasteiger partial charge in [0.25, 0.3) is 0 Å². The number of amides is 8. The van der Waals surface area contributed by atoms with Gasteiger partial charge in [-0.2, -0.15) is 0 Å².